The molecule has 0 bridgehead atoms. The molecule has 2 N–H and O–H groups in total. The van der Waals surface area contributed by atoms with Gasteiger partial charge in [-0.2, -0.15) is 5.10 Å². The highest BCUT2D eigenvalue weighted by molar-refractivity contribution is 5.92. The van der Waals surface area contributed by atoms with E-state index in [1.54, 1.807) is 0 Å². The average molecular weight is 173 g/mol. The van der Waals surface area contributed by atoms with Crippen LogP contribution in [0, 0.1) is 0 Å². The quantitative estimate of drug-likeness (QED) is 0.696. The van der Waals surface area contributed by atoms with E-state index < -0.39 is 0 Å². The smallest absolute Gasteiger partial charge is 0.143 e. The summed E-state index contributed by atoms with van der Waals surface area (Å²) in [4.78, 5) is 0. The van der Waals surface area contributed by atoms with Crippen LogP contribution < -0.4 is 10.7 Å². The molecular formula is C10H11N3. The molecule has 0 saturated carbocycles. The van der Waals surface area contributed by atoms with Crippen molar-refractivity contribution in [3.8, 4) is 0 Å². The zero-order valence-corrected chi connectivity index (χ0v) is 7.22. The second kappa shape index (κ2) is 3.31. The lowest BCUT2D eigenvalue weighted by molar-refractivity contribution is 0.927. The lowest BCUT2D eigenvalue weighted by atomic mass is 10.3. The van der Waals surface area contributed by atoms with Crippen LogP contribution in [0.1, 0.15) is 0 Å². The molecule has 0 saturated heterocycles. The number of hydrogen-bond donors (Lipinski definition) is 1. The number of amidine groups is 1. The van der Waals surface area contributed by atoms with Crippen LogP contribution >= 0.6 is 0 Å². The maximum absolute atomic E-state index is 5.58. The van der Waals surface area contributed by atoms with E-state index >= 15 is 0 Å². The molecule has 0 aromatic heterocycles. The summed E-state index contributed by atoms with van der Waals surface area (Å²) >= 11 is 0. The molecule has 13 heavy (non-hydrogen) atoms. The van der Waals surface area contributed by atoms with Gasteiger partial charge in [-0.1, -0.05) is 24.3 Å². The fourth-order valence-electron chi connectivity index (χ4n) is 1.25. The van der Waals surface area contributed by atoms with Gasteiger partial charge in [-0.15, -0.1) is 0 Å². The van der Waals surface area contributed by atoms with E-state index in [9.17, 15) is 0 Å². The normalized spacial score (nSPS) is 15.7. The Morgan fingerprint density at radius 3 is 2.69 bits per heavy atom. The highest BCUT2D eigenvalue weighted by Gasteiger charge is 2.05. The Hall–Kier alpha value is -1.77. The van der Waals surface area contributed by atoms with Crippen molar-refractivity contribution in [3.63, 3.8) is 0 Å². The van der Waals surface area contributed by atoms with Crippen molar-refractivity contribution in [3.05, 3.63) is 42.5 Å². The second-order valence-corrected chi connectivity index (χ2v) is 2.84. The van der Waals surface area contributed by atoms with Crippen molar-refractivity contribution in [1.29, 1.82) is 0 Å². The van der Waals surface area contributed by atoms with Gasteiger partial charge >= 0.3 is 0 Å². The third kappa shape index (κ3) is 1.69. The topological polar surface area (TPSA) is 41.6 Å². The third-order valence-corrected chi connectivity index (χ3v) is 1.86. The summed E-state index contributed by atoms with van der Waals surface area (Å²) < 4.78 is 0. The Morgan fingerprint density at radius 1 is 1.23 bits per heavy atom. The number of rotatable bonds is 1. The van der Waals surface area contributed by atoms with Crippen LogP contribution in [0.15, 0.2) is 47.6 Å². The number of para-hydroxylation sites is 1. The minimum atomic E-state index is 0.551. The first-order valence-electron chi connectivity index (χ1n) is 4.19. The molecule has 0 unspecified atom stereocenters. The van der Waals surface area contributed by atoms with Crippen molar-refractivity contribution in [2.75, 3.05) is 11.6 Å². The van der Waals surface area contributed by atoms with Crippen molar-refractivity contribution in [1.82, 2.24) is 0 Å². The maximum atomic E-state index is 5.58. The number of hydrazone groups is 1. The van der Waals surface area contributed by atoms with Crippen LogP contribution in [0.5, 0.6) is 0 Å². The molecule has 0 radical (unpaired) electrons. The second-order valence-electron chi connectivity index (χ2n) is 2.84. The van der Waals surface area contributed by atoms with Gasteiger partial charge in [0, 0.05) is 0 Å². The first-order chi connectivity index (χ1) is 6.36. The standard InChI is InChI=1S/C10H11N3/c11-10-7-4-8-13(12-10)9-5-2-1-3-6-9/h1-7H,8H2,(H2,11,12). The van der Waals surface area contributed by atoms with Gasteiger partial charge in [0.1, 0.15) is 5.84 Å². The van der Waals surface area contributed by atoms with Crippen LogP contribution in [0.4, 0.5) is 5.69 Å². The molecule has 0 atom stereocenters. The van der Waals surface area contributed by atoms with Crippen LogP contribution in [0.3, 0.4) is 0 Å². The van der Waals surface area contributed by atoms with Gasteiger partial charge in [-0.3, -0.25) is 5.01 Å². The van der Waals surface area contributed by atoms with Gasteiger partial charge in [-0.05, 0) is 18.2 Å². The van der Waals surface area contributed by atoms with Crippen LogP contribution in [0.25, 0.3) is 0 Å². The van der Waals surface area contributed by atoms with Gasteiger partial charge in [0.2, 0.25) is 0 Å². The summed E-state index contributed by atoms with van der Waals surface area (Å²) in [6.45, 7) is 0.782. The molecule has 1 heterocycles. The fourth-order valence-corrected chi connectivity index (χ4v) is 1.25. The predicted octanol–water partition coefficient (Wildman–Crippen LogP) is 1.34. The van der Waals surface area contributed by atoms with Gasteiger partial charge in [0.25, 0.3) is 0 Å². The molecule has 0 fully saturated rings. The average Bonchev–Trinajstić information content (AvgIpc) is 2.19. The summed E-state index contributed by atoms with van der Waals surface area (Å²) in [6, 6.07) is 9.97. The lowest BCUT2D eigenvalue weighted by Gasteiger charge is -2.20. The molecule has 0 aliphatic carbocycles. The van der Waals surface area contributed by atoms with E-state index in [2.05, 4.69) is 5.10 Å². The molecule has 66 valence electrons. The first-order valence-corrected chi connectivity index (χ1v) is 4.19. The van der Waals surface area contributed by atoms with Crippen molar-refractivity contribution in [2.24, 2.45) is 10.8 Å². The highest BCUT2D eigenvalue weighted by atomic mass is 15.5. The van der Waals surface area contributed by atoms with Gasteiger partial charge in [0.05, 0.1) is 12.2 Å². The number of nitrogens with two attached hydrogens (primary N) is 1. The van der Waals surface area contributed by atoms with Crippen molar-refractivity contribution >= 4 is 11.5 Å². The molecule has 2 rings (SSSR count). The monoisotopic (exact) mass is 173 g/mol. The molecular weight excluding hydrogens is 162 g/mol. The number of anilines is 1. The van der Waals surface area contributed by atoms with Crippen LogP contribution in [-0.4, -0.2) is 12.4 Å². The van der Waals surface area contributed by atoms with Crippen LogP contribution in [-0.2, 0) is 0 Å². The van der Waals surface area contributed by atoms with Crippen molar-refractivity contribution < 1.29 is 0 Å². The largest absolute Gasteiger partial charge is 0.382 e. The molecule has 1 aliphatic heterocycles. The van der Waals surface area contributed by atoms with Crippen LogP contribution in [0.2, 0.25) is 0 Å². The molecule has 1 aromatic carbocycles. The van der Waals surface area contributed by atoms with E-state index in [0.29, 0.717) is 5.84 Å². The maximum Gasteiger partial charge on any atom is 0.143 e. The van der Waals surface area contributed by atoms with Crippen molar-refractivity contribution in [2.45, 2.75) is 0 Å². The minimum absolute atomic E-state index is 0.551. The predicted molar refractivity (Wildman–Crippen MR) is 54.6 cm³/mol. The molecule has 3 heteroatoms. The third-order valence-electron chi connectivity index (χ3n) is 1.86. The molecule has 1 aromatic rings. The zero-order chi connectivity index (χ0) is 9.10. The molecule has 1 aliphatic rings. The van der Waals surface area contributed by atoms with Gasteiger partial charge in [0.15, 0.2) is 0 Å². The number of benzene rings is 1. The van der Waals surface area contributed by atoms with E-state index in [1.807, 2.05) is 47.5 Å². The highest BCUT2D eigenvalue weighted by Crippen LogP contribution is 2.14. The molecule has 3 nitrogen and oxygen atoms in total. The summed E-state index contributed by atoms with van der Waals surface area (Å²) in [5, 5.41) is 6.06. The lowest BCUT2D eigenvalue weighted by Crippen LogP contribution is -2.25. The summed E-state index contributed by atoms with van der Waals surface area (Å²) in [6.07, 6.45) is 3.81. The summed E-state index contributed by atoms with van der Waals surface area (Å²) in [7, 11) is 0. The first kappa shape index (κ1) is 7.86. The van der Waals surface area contributed by atoms with E-state index in [1.165, 1.54) is 0 Å². The minimum Gasteiger partial charge on any atom is -0.382 e. The Morgan fingerprint density at radius 2 is 2.00 bits per heavy atom. The Kier molecular flexibility index (Phi) is 2.00. The molecule has 0 amide bonds. The number of hydrogen-bond acceptors (Lipinski definition) is 3. The van der Waals surface area contributed by atoms with Gasteiger partial charge < -0.3 is 5.73 Å². The van der Waals surface area contributed by atoms with E-state index in [0.717, 1.165) is 12.2 Å². The SMILES string of the molecule is NC1=NN(c2ccccc2)CC=C1. The fraction of sp³-hybridized carbons (Fsp3) is 0.100. The summed E-state index contributed by atoms with van der Waals surface area (Å²) in [5.74, 6) is 0.551. The Bertz CT molecular complexity index is 340. The Balaban J connectivity index is 2.24. The Labute approximate surface area is 77.2 Å². The van der Waals surface area contributed by atoms with E-state index in [-0.39, 0.29) is 0 Å². The zero-order valence-electron chi connectivity index (χ0n) is 7.22. The molecule has 0 spiro atoms. The summed E-state index contributed by atoms with van der Waals surface area (Å²) in [5.41, 5.74) is 6.65. The number of nitrogens with zero attached hydrogens (tertiary/aromatic N) is 2. The van der Waals surface area contributed by atoms with Gasteiger partial charge in [-0.25, -0.2) is 0 Å². The van der Waals surface area contributed by atoms with E-state index in [4.69, 9.17) is 5.73 Å².